The van der Waals surface area contributed by atoms with E-state index in [4.69, 9.17) is 4.74 Å². The molecule has 2 aliphatic rings. The Morgan fingerprint density at radius 3 is 3.06 bits per heavy atom. The minimum atomic E-state index is 0.484. The van der Waals surface area contributed by atoms with Gasteiger partial charge in [-0.15, -0.1) is 0 Å². The molecule has 1 unspecified atom stereocenters. The molecule has 2 fully saturated rings. The molecule has 0 radical (unpaired) electrons. The van der Waals surface area contributed by atoms with Crippen molar-refractivity contribution in [3.8, 4) is 0 Å². The number of rotatable bonds is 3. The summed E-state index contributed by atoms with van der Waals surface area (Å²) >= 11 is 0. The molecule has 0 aromatic carbocycles. The van der Waals surface area contributed by atoms with Gasteiger partial charge >= 0.3 is 0 Å². The number of nitrogens with zero attached hydrogens (tertiary/aromatic N) is 2. The van der Waals surface area contributed by atoms with Crippen molar-refractivity contribution < 1.29 is 4.74 Å². The quantitative estimate of drug-likeness (QED) is 0.829. The molecule has 0 amide bonds. The Morgan fingerprint density at radius 2 is 2.29 bits per heavy atom. The van der Waals surface area contributed by atoms with Crippen LogP contribution < -0.4 is 5.32 Å². The molecule has 94 valence electrons. The molecule has 1 atom stereocenters. The maximum atomic E-state index is 5.50. The number of H-pyrrole nitrogens is 1. The second kappa shape index (κ2) is 4.74. The normalized spacial score (nSPS) is 27.6. The van der Waals surface area contributed by atoms with Crippen LogP contribution in [0.4, 0.5) is 0 Å². The van der Waals surface area contributed by atoms with Gasteiger partial charge in [0.1, 0.15) is 12.2 Å². The first-order valence-corrected chi connectivity index (χ1v) is 6.54. The first-order valence-electron chi connectivity index (χ1n) is 6.54. The molecule has 0 bridgehead atoms. The average Bonchev–Trinajstić information content (AvgIpc) is 2.98. The van der Waals surface area contributed by atoms with Gasteiger partial charge in [-0.3, -0.25) is 5.10 Å². The van der Waals surface area contributed by atoms with Crippen LogP contribution in [-0.2, 0) is 11.3 Å². The molecule has 2 N–H and O–H groups in total. The minimum Gasteiger partial charge on any atom is -0.381 e. The van der Waals surface area contributed by atoms with Crippen LogP contribution in [0.5, 0.6) is 0 Å². The van der Waals surface area contributed by atoms with Crippen molar-refractivity contribution in [1.82, 2.24) is 20.5 Å². The highest BCUT2D eigenvalue weighted by Crippen LogP contribution is 2.45. The Bertz CT molecular complexity index is 345. The van der Waals surface area contributed by atoms with Gasteiger partial charge < -0.3 is 10.1 Å². The van der Waals surface area contributed by atoms with E-state index in [9.17, 15) is 0 Å². The molecule has 1 aliphatic carbocycles. The topological polar surface area (TPSA) is 62.8 Å². The molecular weight excluding hydrogens is 216 g/mol. The molecule has 17 heavy (non-hydrogen) atoms. The number of nitrogens with one attached hydrogen (secondary N) is 2. The predicted octanol–water partition coefficient (Wildman–Crippen LogP) is 1.24. The van der Waals surface area contributed by atoms with Crippen LogP contribution >= 0.6 is 0 Å². The van der Waals surface area contributed by atoms with Crippen molar-refractivity contribution >= 4 is 0 Å². The van der Waals surface area contributed by atoms with E-state index in [1.165, 1.54) is 32.1 Å². The monoisotopic (exact) mass is 236 g/mol. The van der Waals surface area contributed by atoms with E-state index >= 15 is 0 Å². The SMILES string of the molecule is c1n[nH]c(CNC2CCCC23CCOCC3)n1. The van der Waals surface area contributed by atoms with Gasteiger partial charge in [-0.2, -0.15) is 5.10 Å². The third kappa shape index (κ3) is 2.21. The second-order valence-electron chi connectivity index (χ2n) is 5.23. The van der Waals surface area contributed by atoms with Crippen LogP contribution in [-0.4, -0.2) is 34.4 Å². The van der Waals surface area contributed by atoms with Gasteiger partial charge in [-0.1, -0.05) is 6.42 Å². The van der Waals surface area contributed by atoms with Crippen molar-refractivity contribution in [3.05, 3.63) is 12.2 Å². The molecule has 5 heteroatoms. The standard InChI is InChI=1S/C12H20N4O/c1-2-10(13-8-11-14-9-15-16-11)12(3-1)4-6-17-7-5-12/h9-10,13H,1-8H2,(H,14,15,16). The summed E-state index contributed by atoms with van der Waals surface area (Å²) in [6, 6.07) is 0.622. The van der Waals surface area contributed by atoms with Crippen molar-refractivity contribution in [1.29, 1.82) is 0 Å². The number of hydrogen-bond donors (Lipinski definition) is 2. The third-order valence-corrected chi connectivity index (χ3v) is 4.38. The number of aromatic amines is 1. The van der Waals surface area contributed by atoms with Crippen LogP contribution in [0.15, 0.2) is 6.33 Å². The summed E-state index contributed by atoms with van der Waals surface area (Å²) in [7, 11) is 0. The smallest absolute Gasteiger partial charge is 0.138 e. The zero-order valence-corrected chi connectivity index (χ0v) is 10.1. The maximum Gasteiger partial charge on any atom is 0.138 e. The van der Waals surface area contributed by atoms with Gasteiger partial charge in [0, 0.05) is 19.3 Å². The fourth-order valence-electron chi connectivity index (χ4n) is 3.37. The minimum absolute atomic E-state index is 0.484. The highest BCUT2D eigenvalue weighted by Gasteiger charge is 2.43. The van der Waals surface area contributed by atoms with E-state index in [0.717, 1.165) is 25.6 Å². The van der Waals surface area contributed by atoms with Gasteiger partial charge in [0.2, 0.25) is 0 Å². The molecule has 5 nitrogen and oxygen atoms in total. The third-order valence-electron chi connectivity index (χ3n) is 4.38. The summed E-state index contributed by atoms with van der Waals surface area (Å²) in [5, 5.41) is 10.4. The summed E-state index contributed by atoms with van der Waals surface area (Å²) in [5.74, 6) is 0.930. The molecule has 3 rings (SSSR count). The fourth-order valence-corrected chi connectivity index (χ4v) is 3.37. The van der Waals surface area contributed by atoms with Crippen molar-refractivity contribution in [3.63, 3.8) is 0 Å². The molecule has 1 spiro atoms. The predicted molar refractivity (Wildman–Crippen MR) is 63.3 cm³/mol. The van der Waals surface area contributed by atoms with E-state index in [2.05, 4.69) is 20.5 Å². The second-order valence-corrected chi connectivity index (χ2v) is 5.23. The number of ether oxygens (including phenoxy) is 1. The molecule has 2 heterocycles. The average molecular weight is 236 g/mol. The zero-order valence-electron chi connectivity index (χ0n) is 10.1. The van der Waals surface area contributed by atoms with Crippen molar-refractivity contribution in [2.75, 3.05) is 13.2 Å². The molecule has 1 aromatic rings. The maximum absolute atomic E-state index is 5.50. The molecule has 1 aliphatic heterocycles. The highest BCUT2D eigenvalue weighted by atomic mass is 16.5. The largest absolute Gasteiger partial charge is 0.381 e. The van der Waals surface area contributed by atoms with Gasteiger partial charge in [-0.25, -0.2) is 4.98 Å². The van der Waals surface area contributed by atoms with Gasteiger partial charge in [0.05, 0.1) is 6.54 Å². The summed E-state index contributed by atoms with van der Waals surface area (Å²) in [5.41, 5.74) is 0.484. The highest BCUT2D eigenvalue weighted by molar-refractivity contribution is 4.98. The lowest BCUT2D eigenvalue weighted by molar-refractivity contribution is 0.00405. The Kier molecular flexibility index (Phi) is 3.11. The molecule has 1 aromatic heterocycles. The zero-order chi connectivity index (χ0) is 11.6. The summed E-state index contributed by atoms with van der Waals surface area (Å²) < 4.78 is 5.50. The summed E-state index contributed by atoms with van der Waals surface area (Å²) in [4.78, 5) is 4.16. The molecule has 1 saturated heterocycles. The fraction of sp³-hybridized carbons (Fsp3) is 0.833. The Hall–Kier alpha value is -0.940. The van der Waals surface area contributed by atoms with Gasteiger partial charge in [0.25, 0.3) is 0 Å². The Labute approximate surface area is 101 Å². The van der Waals surface area contributed by atoms with E-state index in [1.54, 1.807) is 6.33 Å². The molecule has 1 saturated carbocycles. The van der Waals surface area contributed by atoms with Crippen molar-refractivity contribution in [2.45, 2.75) is 44.7 Å². The van der Waals surface area contributed by atoms with Crippen LogP contribution in [0.2, 0.25) is 0 Å². The van der Waals surface area contributed by atoms with Gasteiger partial charge in [0.15, 0.2) is 0 Å². The van der Waals surface area contributed by atoms with Crippen LogP contribution in [0.3, 0.4) is 0 Å². The van der Waals surface area contributed by atoms with Crippen LogP contribution in [0.25, 0.3) is 0 Å². The Morgan fingerprint density at radius 1 is 1.41 bits per heavy atom. The summed E-state index contributed by atoms with van der Waals surface area (Å²) in [6.45, 7) is 2.66. The van der Waals surface area contributed by atoms with Crippen LogP contribution in [0, 0.1) is 5.41 Å². The lowest BCUT2D eigenvalue weighted by atomic mass is 9.75. The van der Waals surface area contributed by atoms with Gasteiger partial charge in [-0.05, 0) is 31.1 Å². The van der Waals surface area contributed by atoms with E-state index in [-0.39, 0.29) is 0 Å². The summed E-state index contributed by atoms with van der Waals surface area (Å²) in [6.07, 6.45) is 7.96. The lowest BCUT2D eigenvalue weighted by Gasteiger charge is -2.39. The van der Waals surface area contributed by atoms with Crippen LogP contribution in [0.1, 0.15) is 37.9 Å². The van der Waals surface area contributed by atoms with E-state index in [1.807, 2.05) is 0 Å². The van der Waals surface area contributed by atoms with E-state index in [0.29, 0.717) is 11.5 Å². The molecular formula is C12H20N4O. The first kappa shape index (κ1) is 11.2. The van der Waals surface area contributed by atoms with Crippen molar-refractivity contribution in [2.24, 2.45) is 5.41 Å². The Balaban J connectivity index is 1.61. The van der Waals surface area contributed by atoms with E-state index < -0.39 is 0 Å². The number of hydrogen-bond acceptors (Lipinski definition) is 4. The number of aromatic nitrogens is 3. The first-order chi connectivity index (χ1) is 8.39. The lowest BCUT2D eigenvalue weighted by Crippen LogP contribution is -2.44.